The monoisotopic (exact) mass is 219 g/mol. The van der Waals surface area contributed by atoms with E-state index in [9.17, 15) is 13.9 Å². The minimum Gasteiger partial charge on any atom is -0.382 e. The maximum Gasteiger partial charge on any atom is 0.142 e. The van der Waals surface area contributed by atoms with Crippen molar-refractivity contribution in [3.8, 4) is 0 Å². The van der Waals surface area contributed by atoms with Crippen LogP contribution in [0.15, 0.2) is 12.1 Å². The van der Waals surface area contributed by atoms with Crippen LogP contribution in [0.2, 0.25) is 5.02 Å². The molecule has 1 saturated heterocycles. The van der Waals surface area contributed by atoms with Crippen LogP contribution in [0.3, 0.4) is 0 Å². The molecule has 1 aromatic rings. The zero-order chi connectivity index (χ0) is 10.3. The second-order valence-corrected chi connectivity index (χ2v) is 3.73. The highest BCUT2D eigenvalue weighted by atomic mass is 35.5. The van der Waals surface area contributed by atoms with Crippen LogP contribution in [-0.2, 0) is 5.60 Å². The van der Waals surface area contributed by atoms with Gasteiger partial charge in [0, 0.05) is 18.7 Å². The number of benzene rings is 1. The molecule has 1 heterocycles. The summed E-state index contributed by atoms with van der Waals surface area (Å²) in [7, 11) is 0. The first-order valence-corrected chi connectivity index (χ1v) is 4.49. The van der Waals surface area contributed by atoms with Crippen molar-refractivity contribution in [2.45, 2.75) is 5.60 Å². The first kappa shape index (κ1) is 9.83. The Labute approximate surface area is 84.5 Å². The van der Waals surface area contributed by atoms with E-state index < -0.39 is 17.2 Å². The average Bonchev–Trinajstić information content (AvgIpc) is 2.09. The Hall–Kier alpha value is -0.710. The molecule has 0 atom stereocenters. The van der Waals surface area contributed by atoms with Gasteiger partial charge in [0.1, 0.15) is 17.2 Å². The van der Waals surface area contributed by atoms with Gasteiger partial charge in [0.2, 0.25) is 0 Å². The Bertz CT molecular complexity index is 379. The fourth-order valence-electron chi connectivity index (χ4n) is 1.49. The minimum atomic E-state index is -1.37. The Morgan fingerprint density at radius 1 is 1.29 bits per heavy atom. The zero-order valence-corrected chi connectivity index (χ0v) is 7.91. The summed E-state index contributed by atoms with van der Waals surface area (Å²) in [5.74, 6) is -1.40. The van der Waals surface area contributed by atoms with E-state index in [1.54, 1.807) is 0 Å². The Morgan fingerprint density at radius 3 is 2.36 bits per heavy atom. The first-order chi connectivity index (χ1) is 6.54. The van der Waals surface area contributed by atoms with E-state index in [1.165, 1.54) is 0 Å². The number of hydrogen-bond donors (Lipinski definition) is 2. The molecule has 2 rings (SSSR count). The summed E-state index contributed by atoms with van der Waals surface area (Å²) in [5, 5.41) is 12.3. The van der Waals surface area contributed by atoms with Gasteiger partial charge in [-0.3, -0.25) is 0 Å². The molecule has 1 aliphatic heterocycles. The van der Waals surface area contributed by atoms with Crippen molar-refractivity contribution in [2.75, 3.05) is 13.1 Å². The van der Waals surface area contributed by atoms with Crippen molar-refractivity contribution < 1.29 is 13.9 Å². The molecule has 5 heteroatoms. The molecule has 0 saturated carbocycles. The van der Waals surface area contributed by atoms with Gasteiger partial charge in [-0.1, -0.05) is 11.6 Å². The van der Waals surface area contributed by atoms with Crippen molar-refractivity contribution in [3.63, 3.8) is 0 Å². The maximum absolute atomic E-state index is 13.3. The van der Waals surface area contributed by atoms with Crippen molar-refractivity contribution in [1.82, 2.24) is 5.32 Å². The second kappa shape index (κ2) is 3.15. The van der Waals surface area contributed by atoms with Crippen molar-refractivity contribution in [2.24, 2.45) is 0 Å². The molecule has 0 spiro atoms. The predicted octanol–water partition coefficient (Wildman–Crippen LogP) is 1.41. The van der Waals surface area contributed by atoms with Crippen LogP contribution >= 0.6 is 11.6 Å². The van der Waals surface area contributed by atoms with Gasteiger partial charge >= 0.3 is 0 Å². The number of rotatable bonds is 1. The van der Waals surface area contributed by atoms with Crippen LogP contribution < -0.4 is 5.32 Å². The third-order valence-electron chi connectivity index (χ3n) is 2.34. The molecule has 1 aliphatic rings. The van der Waals surface area contributed by atoms with E-state index in [1.807, 2.05) is 0 Å². The van der Waals surface area contributed by atoms with Crippen LogP contribution in [-0.4, -0.2) is 18.2 Å². The van der Waals surface area contributed by atoms with Crippen LogP contribution in [0.4, 0.5) is 8.78 Å². The Balaban J connectivity index is 2.56. The summed E-state index contributed by atoms with van der Waals surface area (Å²) in [6.45, 7) is 0.375. The molecule has 14 heavy (non-hydrogen) atoms. The van der Waals surface area contributed by atoms with Crippen molar-refractivity contribution in [3.05, 3.63) is 34.4 Å². The molecule has 76 valence electrons. The summed E-state index contributed by atoms with van der Waals surface area (Å²) < 4.78 is 26.3. The molecule has 0 aliphatic carbocycles. The predicted molar refractivity (Wildman–Crippen MR) is 48.1 cm³/mol. The largest absolute Gasteiger partial charge is 0.382 e. The molecule has 0 radical (unpaired) electrons. The van der Waals surface area contributed by atoms with E-state index >= 15 is 0 Å². The molecule has 1 fully saturated rings. The van der Waals surface area contributed by atoms with E-state index in [0.29, 0.717) is 0 Å². The number of halogens is 3. The lowest BCUT2D eigenvalue weighted by molar-refractivity contribution is -0.0178. The van der Waals surface area contributed by atoms with Gasteiger partial charge in [-0.05, 0) is 12.1 Å². The van der Waals surface area contributed by atoms with Crippen LogP contribution in [0.5, 0.6) is 0 Å². The fraction of sp³-hybridized carbons (Fsp3) is 0.333. The van der Waals surface area contributed by atoms with Crippen molar-refractivity contribution in [1.29, 1.82) is 0 Å². The van der Waals surface area contributed by atoms with Gasteiger partial charge in [0.25, 0.3) is 0 Å². The quantitative estimate of drug-likeness (QED) is 0.700. The Morgan fingerprint density at radius 2 is 1.86 bits per heavy atom. The second-order valence-electron chi connectivity index (χ2n) is 3.35. The number of aliphatic hydroxyl groups is 1. The lowest BCUT2D eigenvalue weighted by atomic mass is 9.87. The highest BCUT2D eigenvalue weighted by molar-refractivity contribution is 6.31. The first-order valence-electron chi connectivity index (χ1n) is 4.12. The third-order valence-corrected chi connectivity index (χ3v) is 2.71. The summed E-state index contributed by atoms with van der Waals surface area (Å²) in [6.07, 6.45) is 0. The molecule has 0 bridgehead atoms. The molecular formula is C9H8ClF2NO. The third kappa shape index (κ3) is 1.30. The summed E-state index contributed by atoms with van der Waals surface area (Å²) in [5.41, 5.74) is -1.53. The van der Waals surface area contributed by atoms with Gasteiger partial charge in [-0.25, -0.2) is 8.78 Å². The van der Waals surface area contributed by atoms with E-state index in [2.05, 4.69) is 5.32 Å². The number of nitrogens with one attached hydrogen (secondary N) is 1. The normalized spacial score (nSPS) is 19.1. The maximum atomic E-state index is 13.3. The average molecular weight is 220 g/mol. The minimum absolute atomic E-state index is 0.155. The van der Waals surface area contributed by atoms with Gasteiger partial charge < -0.3 is 10.4 Å². The summed E-state index contributed by atoms with van der Waals surface area (Å²) in [4.78, 5) is 0. The number of hydrogen-bond acceptors (Lipinski definition) is 2. The zero-order valence-electron chi connectivity index (χ0n) is 7.15. The molecule has 0 aromatic heterocycles. The molecule has 2 N–H and O–H groups in total. The smallest absolute Gasteiger partial charge is 0.142 e. The van der Waals surface area contributed by atoms with E-state index in [4.69, 9.17) is 11.6 Å². The van der Waals surface area contributed by atoms with Gasteiger partial charge in [-0.2, -0.15) is 0 Å². The van der Waals surface area contributed by atoms with E-state index in [-0.39, 0.29) is 23.7 Å². The van der Waals surface area contributed by atoms with Crippen LogP contribution in [0, 0.1) is 11.6 Å². The topological polar surface area (TPSA) is 32.3 Å². The molecule has 2 nitrogen and oxygen atoms in total. The van der Waals surface area contributed by atoms with E-state index in [0.717, 1.165) is 12.1 Å². The molecule has 1 aromatic carbocycles. The molecular weight excluding hydrogens is 212 g/mol. The fourth-order valence-corrected chi connectivity index (χ4v) is 1.82. The van der Waals surface area contributed by atoms with Gasteiger partial charge in [0.15, 0.2) is 0 Å². The summed E-state index contributed by atoms with van der Waals surface area (Å²) in [6, 6.07) is 1.91. The lowest BCUT2D eigenvalue weighted by Gasteiger charge is -2.38. The van der Waals surface area contributed by atoms with Gasteiger partial charge in [0.05, 0.1) is 5.02 Å². The van der Waals surface area contributed by atoms with Crippen LogP contribution in [0.1, 0.15) is 5.56 Å². The molecule has 0 amide bonds. The summed E-state index contributed by atoms with van der Waals surface area (Å²) >= 11 is 5.59. The highest BCUT2D eigenvalue weighted by Gasteiger charge is 2.40. The number of β-amino-alcohol motifs (C(OH)–C–C–N with tert-alkyl or cyclic N) is 1. The Kier molecular flexibility index (Phi) is 2.21. The highest BCUT2D eigenvalue weighted by Crippen LogP contribution is 2.34. The standard InChI is InChI=1S/C9H8ClF2NO/c10-8-6(12)2-1-5(11)7(8)9(14)3-13-4-9/h1-2,13-14H,3-4H2. The lowest BCUT2D eigenvalue weighted by Crippen LogP contribution is -2.57. The van der Waals surface area contributed by atoms with Gasteiger partial charge in [-0.15, -0.1) is 0 Å². The SMILES string of the molecule is OC1(c2c(F)ccc(F)c2Cl)CNC1. The van der Waals surface area contributed by atoms with Crippen molar-refractivity contribution >= 4 is 11.6 Å². The van der Waals surface area contributed by atoms with Crippen LogP contribution in [0.25, 0.3) is 0 Å². The molecule has 0 unspecified atom stereocenters.